The molecule has 0 saturated carbocycles. The number of ether oxygens (including phenoxy) is 5. The van der Waals surface area contributed by atoms with Crippen molar-refractivity contribution in [2.75, 3.05) is 54.5 Å². The number of nitrogens with zero attached hydrogens (tertiary/aromatic N) is 3. The molecule has 50 heavy (non-hydrogen) atoms. The summed E-state index contributed by atoms with van der Waals surface area (Å²) in [6.07, 6.45) is 7.05. The fraction of sp³-hybridized carbons (Fsp3) is 0.429. The van der Waals surface area contributed by atoms with Gasteiger partial charge in [-0.2, -0.15) is 0 Å². The lowest BCUT2D eigenvalue weighted by Gasteiger charge is -2.39. The smallest absolute Gasteiger partial charge is 0.212 e. The lowest BCUT2D eigenvalue weighted by molar-refractivity contribution is 0.218. The van der Waals surface area contributed by atoms with Gasteiger partial charge in [0, 0.05) is 36.8 Å². The molecule has 3 atom stereocenters. The highest BCUT2D eigenvalue weighted by molar-refractivity contribution is 5.67. The second-order valence-electron chi connectivity index (χ2n) is 14.9. The Hall–Kier alpha value is -4.24. The zero-order valence-electron chi connectivity index (χ0n) is 29.7. The van der Waals surface area contributed by atoms with E-state index in [1.807, 2.05) is 0 Å². The van der Waals surface area contributed by atoms with Crippen molar-refractivity contribution in [1.82, 2.24) is 14.7 Å². The van der Waals surface area contributed by atoms with E-state index in [1.165, 1.54) is 52.8 Å². The summed E-state index contributed by atoms with van der Waals surface area (Å²) >= 11 is 0. The van der Waals surface area contributed by atoms with E-state index in [4.69, 9.17) is 23.7 Å². The Labute approximate surface area is 295 Å². The minimum atomic E-state index is 0.112. The molecule has 10 rings (SSSR count). The molecule has 0 N–H and O–H groups in total. The average Bonchev–Trinajstić information content (AvgIpc) is 3.54. The molecule has 0 amide bonds. The summed E-state index contributed by atoms with van der Waals surface area (Å²) in [5.41, 5.74) is 7.47. The van der Waals surface area contributed by atoms with Crippen LogP contribution in [0.2, 0.25) is 0 Å². The summed E-state index contributed by atoms with van der Waals surface area (Å²) in [5, 5.41) is 0. The van der Waals surface area contributed by atoms with Crippen molar-refractivity contribution >= 4 is 0 Å². The van der Waals surface area contributed by atoms with Crippen molar-refractivity contribution in [3.8, 4) is 46.0 Å². The van der Waals surface area contributed by atoms with Gasteiger partial charge in [0.15, 0.2) is 34.5 Å². The van der Waals surface area contributed by atoms with Crippen molar-refractivity contribution in [3.05, 3.63) is 94.0 Å². The Kier molecular flexibility index (Phi) is 8.13. The number of hydrogen-bond donors (Lipinski definition) is 0. The normalized spacial score (nSPS) is 22.7. The maximum Gasteiger partial charge on any atom is 0.212 e. The van der Waals surface area contributed by atoms with Crippen LogP contribution in [0.4, 0.5) is 0 Å². The summed E-state index contributed by atoms with van der Waals surface area (Å²) in [4.78, 5) is 7.35. The van der Waals surface area contributed by atoms with E-state index in [2.05, 4.69) is 96.5 Å². The highest BCUT2D eigenvalue weighted by atomic mass is 16.6. The molecule has 1 fully saturated rings. The molecular formula is C42H47N3O5. The van der Waals surface area contributed by atoms with Gasteiger partial charge in [-0.1, -0.05) is 18.2 Å². The SMILES string of the molecule is COc1cc2c3c4c1Oc1cc5c(cc1O4)[C@H](Cc1ccc(OCCC4CCCN4C)c(c1)Oc1ccc(cc1)C[C@@H]3N(C)CC2)N(C)CC5. The minimum absolute atomic E-state index is 0.112. The molecule has 0 aliphatic carbocycles. The summed E-state index contributed by atoms with van der Waals surface area (Å²) < 4.78 is 32.7. The topological polar surface area (TPSA) is 55.9 Å². The van der Waals surface area contributed by atoms with Crippen molar-refractivity contribution < 1.29 is 23.7 Å². The van der Waals surface area contributed by atoms with Gasteiger partial charge in [-0.05, 0) is 143 Å². The zero-order chi connectivity index (χ0) is 33.9. The van der Waals surface area contributed by atoms with E-state index >= 15 is 0 Å². The molecule has 260 valence electrons. The van der Waals surface area contributed by atoms with Gasteiger partial charge in [-0.3, -0.25) is 9.80 Å². The van der Waals surface area contributed by atoms with Gasteiger partial charge in [-0.15, -0.1) is 0 Å². The molecule has 0 radical (unpaired) electrons. The average molecular weight is 674 g/mol. The van der Waals surface area contributed by atoms with Crippen LogP contribution in [0.1, 0.15) is 64.7 Å². The van der Waals surface area contributed by atoms with Crippen LogP contribution in [0.25, 0.3) is 0 Å². The summed E-state index contributed by atoms with van der Waals surface area (Å²) in [7, 11) is 8.38. The van der Waals surface area contributed by atoms with Crippen LogP contribution in [-0.4, -0.2) is 75.2 Å². The van der Waals surface area contributed by atoms with Crippen molar-refractivity contribution in [1.29, 1.82) is 0 Å². The molecule has 8 nitrogen and oxygen atoms in total. The first-order valence-corrected chi connectivity index (χ1v) is 18.3. The predicted octanol–water partition coefficient (Wildman–Crippen LogP) is 8.11. The van der Waals surface area contributed by atoms with Crippen LogP contribution in [0.15, 0.2) is 60.7 Å². The number of likely N-dealkylation sites (N-methyl/N-ethyl adjacent to an activating group) is 2. The molecule has 4 aromatic carbocycles. The summed E-state index contributed by atoms with van der Waals surface area (Å²) in [6.45, 7) is 3.76. The fourth-order valence-electron chi connectivity index (χ4n) is 8.81. The maximum atomic E-state index is 6.97. The molecule has 6 heterocycles. The second kappa shape index (κ2) is 12.8. The van der Waals surface area contributed by atoms with Crippen LogP contribution in [0.5, 0.6) is 46.0 Å². The molecule has 4 aromatic rings. The minimum Gasteiger partial charge on any atom is -0.493 e. The maximum absolute atomic E-state index is 6.97. The van der Waals surface area contributed by atoms with E-state index in [0.29, 0.717) is 18.4 Å². The molecule has 0 aromatic heterocycles. The summed E-state index contributed by atoms with van der Waals surface area (Å²) in [5.74, 6) is 6.07. The van der Waals surface area contributed by atoms with Crippen molar-refractivity contribution in [2.24, 2.45) is 0 Å². The van der Waals surface area contributed by atoms with Crippen LogP contribution < -0.4 is 23.7 Å². The monoisotopic (exact) mass is 673 g/mol. The first kappa shape index (κ1) is 31.7. The van der Waals surface area contributed by atoms with E-state index in [0.717, 1.165) is 85.4 Å². The Morgan fingerprint density at radius 2 is 1.42 bits per heavy atom. The first-order valence-electron chi connectivity index (χ1n) is 18.3. The number of hydrogen-bond acceptors (Lipinski definition) is 8. The van der Waals surface area contributed by atoms with Gasteiger partial charge in [0.2, 0.25) is 5.75 Å². The van der Waals surface area contributed by atoms with Gasteiger partial charge >= 0.3 is 0 Å². The Bertz CT molecular complexity index is 1930. The summed E-state index contributed by atoms with van der Waals surface area (Å²) in [6, 6.07) is 22.5. The molecule has 7 bridgehead atoms. The molecule has 0 spiro atoms. The van der Waals surface area contributed by atoms with E-state index in [9.17, 15) is 0 Å². The molecule has 8 heteroatoms. The van der Waals surface area contributed by atoms with Crippen LogP contribution in [0, 0.1) is 0 Å². The zero-order valence-corrected chi connectivity index (χ0v) is 29.7. The fourth-order valence-corrected chi connectivity index (χ4v) is 8.81. The van der Waals surface area contributed by atoms with E-state index in [1.54, 1.807) is 7.11 Å². The molecule has 6 aliphatic rings. The molecule has 1 saturated heterocycles. The predicted molar refractivity (Wildman–Crippen MR) is 194 cm³/mol. The quantitative estimate of drug-likeness (QED) is 0.186. The lowest BCUT2D eigenvalue weighted by atomic mass is 9.86. The van der Waals surface area contributed by atoms with Gasteiger partial charge in [0.05, 0.1) is 13.7 Å². The van der Waals surface area contributed by atoms with Crippen LogP contribution in [0.3, 0.4) is 0 Å². The Morgan fingerprint density at radius 1 is 0.680 bits per heavy atom. The van der Waals surface area contributed by atoms with Crippen molar-refractivity contribution in [3.63, 3.8) is 0 Å². The Morgan fingerprint density at radius 3 is 2.22 bits per heavy atom. The number of likely N-dealkylation sites (tertiary alicyclic amines) is 1. The van der Waals surface area contributed by atoms with Gasteiger partial charge in [0.1, 0.15) is 5.75 Å². The van der Waals surface area contributed by atoms with E-state index in [-0.39, 0.29) is 12.1 Å². The molecular weight excluding hydrogens is 626 g/mol. The number of benzene rings is 4. The number of methoxy groups -OCH3 is 1. The van der Waals surface area contributed by atoms with Gasteiger partial charge in [0.25, 0.3) is 0 Å². The third-order valence-electron chi connectivity index (χ3n) is 11.8. The lowest BCUT2D eigenvalue weighted by Crippen LogP contribution is -2.34. The third kappa shape index (κ3) is 5.67. The van der Waals surface area contributed by atoms with E-state index < -0.39 is 0 Å². The standard InChI is InChI=1S/C42H47N3O5/c1-43-16-5-6-30(43)15-19-47-35-12-9-27-21-33-32-25-38-37(23-28(32)13-17-44(33)2)49-41-39(46-4)24-29-14-18-45(3)34(40(29)42(41)50-38)20-26-7-10-31(11-8-26)48-36(35)22-27/h7-12,22-25,30,33-34H,5-6,13-21H2,1-4H3/t30?,33-,34-/m0/s1. The highest BCUT2D eigenvalue weighted by Gasteiger charge is 2.37. The van der Waals surface area contributed by atoms with Gasteiger partial charge in [-0.25, -0.2) is 0 Å². The van der Waals surface area contributed by atoms with Crippen molar-refractivity contribution in [2.45, 2.75) is 63.1 Å². The number of rotatable bonds is 5. The van der Waals surface area contributed by atoms with Crippen LogP contribution >= 0.6 is 0 Å². The molecule has 1 unspecified atom stereocenters. The third-order valence-corrected chi connectivity index (χ3v) is 11.8. The number of fused-ring (bicyclic) bond motifs is 2. The van der Waals surface area contributed by atoms with Gasteiger partial charge < -0.3 is 28.6 Å². The Balaban J connectivity index is 1.14. The highest BCUT2D eigenvalue weighted by Crippen LogP contribution is 2.56. The van der Waals surface area contributed by atoms with Crippen LogP contribution in [-0.2, 0) is 25.7 Å². The first-order chi connectivity index (χ1) is 24.4. The second-order valence-corrected chi connectivity index (χ2v) is 14.9. The molecule has 6 aliphatic heterocycles. The largest absolute Gasteiger partial charge is 0.493 e.